The number of hydrogen-bond acceptors (Lipinski definition) is 3. The van der Waals surface area contributed by atoms with Crippen molar-refractivity contribution in [1.82, 2.24) is 5.32 Å². The molecule has 3 nitrogen and oxygen atoms in total. The molecule has 2 atom stereocenters. The smallest absolute Gasteiger partial charge is 0.0704 e. The minimum atomic E-state index is -0.160. The van der Waals surface area contributed by atoms with Crippen molar-refractivity contribution in [3.05, 3.63) is 0 Å². The molecule has 1 heterocycles. The molecule has 0 radical (unpaired) electrons. The first-order chi connectivity index (χ1) is 6.05. The van der Waals surface area contributed by atoms with E-state index in [9.17, 15) is 5.11 Å². The molecular weight excluding hydrogens is 166 g/mol. The Morgan fingerprint density at radius 2 is 2.15 bits per heavy atom. The highest BCUT2D eigenvalue weighted by Crippen LogP contribution is 2.22. The van der Waals surface area contributed by atoms with E-state index in [0.29, 0.717) is 5.92 Å². The van der Waals surface area contributed by atoms with Gasteiger partial charge in [-0.25, -0.2) is 0 Å². The summed E-state index contributed by atoms with van der Waals surface area (Å²) in [7, 11) is 1.74. The lowest BCUT2D eigenvalue weighted by Gasteiger charge is -2.25. The van der Waals surface area contributed by atoms with E-state index >= 15 is 0 Å². The summed E-state index contributed by atoms with van der Waals surface area (Å²) in [6.07, 6.45) is 1.88. The number of nitrogens with one attached hydrogen (secondary N) is 1. The zero-order chi connectivity index (χ0) is 9.90. The lowest BCUT2D eigenvalue weighted by Crippen LogP contribution is -2.26. The van der Waals surface area contributed by atoms with Crippen LogP contribution in [-0.2, 0) is 4.74 Å². The van der Waals surface area contributed by atoms with Gasteiger partial charge < -0.3 is 15.2 Å². The SMILES string of the molecule is COC(C)(C)CC[C@@H]1CNC[C@H]1O. The van der Waals surface area contributed by atoms with Crippen molar-refractivity contribution in [3.8, 4) is 0 Å². The fourth-order valence-electron chi connectivity index (χ4n) is 1.65. The third-order valence-corrected chi connectivity index (χ3v) is 2.97. The molecule has 0 spiro atoms. The molecule has 13 heavy (non-hydrogen) atoms. The summed E-state index contributed by atoms with van der Waals surface area (Å²) >= 11 is 0. The maximum atomic E-state index is 9.56. The van der Waals surface area contributed by atoms with E-state index < -0.39 is 0 Å². The van der Waals surface area contributed by atoms with Crippen molar-refractivity contribution in [2.75, 3.05) is 20.2 Å². The Bertz CT molecular complexity index is 159. The Kier molecular flexibility index (Phi) is 3.71. The number of rotatable bonds is 4. The van der Waals surface area contributed by atoms with Crippen molar-refractivity contribution >= 4 is 0 Å². The summed E-state index contributed by atoms with van der Waals surface area (Å²) in [4.78, 5) is 0. The van der Waals surface area contributed by atoms with Crippen molar-refractivity contribution < 1.29 is 9.84 Å². The molecule has 0 amide bonds. The van der Waals surface area contributed by atoms with E-state index in [1.165, 1.54) is 0 Å². The fourth-order valence-corrected chi connectivity index (χ4v) is 1.65. The standard InChI is InChI=1S/C10H21NO2/c1-10(2,13-3)5-4-8-6-11-7-9(8)12/h8-9,11-12H,4-7H2,1-3H3/t8-,9-/m1/s1. The zero-order valence-electron chi connectivity index (χ0n) is 8.84. The molecule has 78 valence electrons. The zero-order valence-corrected chi connectivity index (χ0v) is 8.84. The third kappa shape index (κ3) is 3.25. The molecule has 0 saturated carbocycles. The van der Waals surface area contributed by atoms with E-state index in [4.69, 9.17) is 4.74 Å². The molecule has 0 unspecified atom stereocenters. The molecule has 0 aromatic carbocycles. The van der Waals surface area contributed by atoms with E-state index in [-0.39, 0.29) is 11.7 Å². The van der Waals surface area contributed by atoms with E-state index in [2.05, 4.69) is 19.2 Å². The van der Waals surface area contributed by atoms with Crippen LogP contribution in [0.5, 0.6) is 0 Å². The number of aliphatic hydroxyl groups excluding tert-OH is 1. The largest absolute Gasteiger partial charge is 0.391 e. The monoisotopic (exact) mass is 187 g/mol. The topological polar surface area (TPSA) is 41.5 Å². The summed E-state index contributed by atoms with van der Waals surface area (Å²) < 4.78 is 5.33. The van der Waals surface area contributed by atoms with Gasteiger partial charge in [0.05, 0.1) is 11.7 Å². The summed E-state index contributed by atoms with van der Waals surface area (Å²) in [5.41, 5.74) is -0.0533. The number of ether oxygens (including phenoxy) is 1. The van der Waals surface area contributed by atoms with Crippen LogP contribution in [0.4, 0.5) is 0 Å². The predicted molar refractivity (Wildman–Crippen MR) is 52.7 cm³/mol. The van der Waals surface area contributed by atoms with Gasteiger partial charge in [-0.2, -0.15) is 0 Å². The first-order valence-electron chi connectivity index (χ1n) is 4.99. The van der Waals surface area contributed by atoms with Crippen LogP contribution in [0.1, 0.15) is 26.7 Å². The molecule has 0 aliphatic carbocycles. The molecule has 3 heteroatoms. The molecule has 0 bridgehead atoms. The Labute approximate surface area is 80.5 Å². The highest BCUT2D eigenvalue weighted by molar-refractivity contribution is 4.82. The molecule has 1 aliphatic heterocycles. The lowest BCUT2D eigenvalue weighted by molar-refractivity contribution is 0.00642. The van der Waals surface area contributed by atoms with Gasteiger partial charge in [-0.3, -0.25) is 0 Å². The third-order valence-electron chi connectivity index (χ3n) is 2.97. The molecule has 1 aliphatic rings. The van der Waals surface area contributed by atoms with Gasteiger partial charge in [-0.15, -0.1) is 0 Å². The molecule has 0 aromatic heterocycles. The molecular formula is C10H21NO2. The Hall–Kier alpha value is -0.120. The second-order valence-corrected chi connectivity index (χ2v) is 4.49. The Balaban J connectivity index is 2.25. The highest BCUT2D eigenvalue weighted by atomic mass is 16.5. The summed E-state index contributed by atoms with van der Waals surface area (Å²) in [5, 5.41) is 12.7. The second-order valence-electron chi connectivity index (χ2n) is 4.49. The number of β-amino-alcohol motifs (C(OH)–C–C–N with tert-alkyl or cyclic N) is 1. The molecule has 1 rings (SSSR count). The predicted octanol–water partition coefficient (Wildman–Crippen LogP) is 0.772. The maximum absolute atomic E-state index is 9.56. The Morgan fingerprint density at radius 3 is 2.62 bits per heavy atom. The van der Waals surface area contributed by atoms with E-state index in [0.717, 1.165) is 25.9 Å². The molecule has 2 N–H and O–H groups in total. The number of aliphatic hydroxyl groups is 1. The summed E-state index contributed by atoms with van der Waals surface area (Å²) in [6, 6.07) is 0. The summed E-state index contributed by atoms with van der Waals surface area (Å²) in [6.45, 7) is 5.86. The van der Waals surface area contributed by atoms with Crippen molar-refractivity contribution in [3.63, 3.8) is 0 Å². The summed E-state index contributed by atoms with van der Waals surface area (Å²) in [5.74, 6) is 0.412. The van der Waals surface area contributed by atoms with Gasteiger partial charge in [-0.1, -0.05) is 0 Å². The van der Waals surface area contributed by atoms with Crippen LogP contribution in [0.3, 0.4) is 0 Å². The van der Waals surface area contributed by atoms with Crippen LogP contribution in [0.2, 0.25) is 0 Å². The van der Waals surface area contributed by atoms with Crippen LogP contribution in [-0.4, -0.2) is 37.0 Å². The second kappa shape index (κ2) is 4.40. The minimum Gasteiger partial charge on any atom is -0.391 e. The normalized spacial score (nSPS) is 29.5. The minimum absolute atomic E-state index is 0.0533. The van der Waals surface area contributed by atoms with Crippen LogP contribution in [0, 0.1) is 5.92 Å². The average molecular weight is 187 g/mol. The quantitative estimate of drug-likeness (QED) is 0.683. The molecule has 1 saturated heterocycles. The number of methoxy groups -OCH3 is 1. The van der Waals surface area contributed by atoms with Gasteiger partial charge in [0.25, 0.3) is 0 Å². The highest BCUT2D eigenvalue weighted by Gasteiger charge is 2.27. The molecule has 0 aromatic rings. The van der Waals surface area contributed by atoms with Crippen LogP contribution >= 0.6 is 0 Å². The number of hydrogen-bond donors (Lipinski definition) is 2. The molecule has 1 fully saturated rings. The van der Waals surface area contributed by atoms with Crippen molar-refractivity contribution in [2.45, 2.75) is 38.4 Å². The lowest BCUT2D eigenvalue weighted by atomic mass is 9.93. The van der Waals surface area contributed by atoms with Crippen LogP contribution < -0.4 is 5.32 Å². The van der Waals surface area contributed by atoms with Crippen LogP contribution in [0.25, 0.3) is 0 Å². The van der Waals surface area contributed by atoms with Gasteiger partial charge >= 0.3 is 0 Å². The van der Waals surface area contributed by atoms with Gasteiger partial charge in [0.1, 0.15) is 0 Å². The first-order valence-corrected chi connectivity index (χ1v) is 4.99. The van der Waals surface area contributed by atoms with Gasteiger partial charge in [-0.05, 0) is 32.6 Å². The van der Waals surface area contributed by atoms with Crippen LogP contribution in [0.15, 0.2) is 0 Å². The van der Waals surface area contributed by atoms with Gasteiger partial charge in [0.2, 0.25) is 0 Å². The van der Waals surface area contributed by atoms with E-state index in [1.54, 1.807) is 7.11 Å². The van der Waals surface area contributed by atoms with E-state index in [1.807, 2.05) is 0 Å². The van der Waals surface area contributed by atoms with Gasteiger partial charge in [0, 0.05) is 20.2 Å². The van der Waals surface area contributed by atoms with Crippen molar-refractivity contribution in [2.24, 2.45) is 5.92 Å². The Morgan fingerprint density at radius 1 is 1.46 bits per heavy atom. The van der Waals surface area contributed by atoms with Gasteiger partial charge in [0.15, 0.2) is 0 Å². The van der Waals surface area contributed by atoms with Crippen molar-refractivity contribution in [1.29, 1.82) is 0 Å². The maximum Gasteiger partial charge on any atom is 0.0704 e. The fraction of sp³-hybridized carbons (Fsp3) is 1.00. The first kappa shape index (κ1) is 11.0. The average Bonchev–Trinajstić information content (AvgIpc) is 2.48.